The highest BCUT2D eigenvalue weighted by atomic mass is 14.8. The molecule has 0 heterocycles. The highest BCUT2D eigenvalue weighted by Gasteiger charge is 2.11. The van der Waals surface area contributed by atoms with Crippen LogP contribution in [-0.2, 0) is 12.8 Å². The van der Waals surface area contributed by atoms with Crippen LogP contribution in [0.3, 0.4) is 0 Å². The molecule has 0 N–H and O–H groups in total. The first-order valence-corrected chi connectivity index (χ1v) is 13.0. The second-order valence-electron chi connectivity index (χ2n) is 8.87. The molecule has 2 rings (SSSR count). The van der Waals surface area contributed by atoms with Gasteiger partial charge in [-0.3, -0.25) is 9.98 Å². The average molecular weight is 433 g/mol. The fourth-order valence-corrected chi connectivity index (χ4v) is 3.89. The average Bonchev–Trinajstić information content (AvgIpc) is 2.82. The van der Waals surface area contributed by atoms with Crippen LogP contribution >= 0.6 is 0 Å². The number of nitrogens with zero attached hydrogens (tertiary/aromatic N) is 2. The number of benzene rings is 2. The van der Waals surface area contributed by atoms with Gasteiger partial charge >= 0.3 is 0 Å². The van der Waals surface area contributed by atoms with E-state index >= 15 is 0 Å². The van der Waals surface area contributed by atoms with Crippen LogP contribution in [-0.4, -0.2) is 11.4 Å². The molecule has 2 aromatic rings. The molecule has 2 nitrogen and oxygen atoms in total. The molecule has 0 amide bonds. The summed E-state index contributed by atoms with van der Waals surface area (Å²) < 4.78 is 0. The minimum absolute atomic E-state index is 0.992. The van der Waals surface area contributed by atoms with E-state index in [1.807, 2.05) is 0 Å². The third kappa shape index (κ3) is 9.51. The zero-order valence-corrected chi connectivity index (χ0v) is 21.0. The van der Waals surface area contributed by atoms with E-state index in [0.717, 1.165) is 49.9 Å². The second kappa shape index (κ2) is 15.6. The lowest BCUT2D eigenvalue weighted by Crippen LogP contribution is -2.14. The smallest absolute Gasteiger partial charge is 0.0639 e. The second-order valence-corrected chi connectivity index (χ2v) is 8.87. The first-order chi connectivity index (χ1) is 15.7. The molecule has 32 heavy (non-hydrogen) atoms. The lowest BCUT2D eigenvalue weighted by atomic mass is 10.00. The maximum absolute atomic E-state index is 5.27. The van der Waals surface area contributed by atoms with Crippen molar-refractivity contribution in [2.75, 3.05) is 0 Å². The predicted octanol–water partition coefficient (Wildman–Crippen LogP) is 9.60. The quantitative estimate of drug-likeness (QED) is 0.250. The van der Waals surface area contributed by atoms with E-state index < -0.39 is 0 Å². The number of aliphatic imine (C=N–C) groups is 2. The van der Waals surface area contributed by atoms with Crippen LogP contribution in [0.1, 0.15) is 103 Å². The van der Waals surface area contributed by atoms with Crippen molar-refractivity contribution >= 4 is 22.8 Å². The van der Waals surface area contributed by atoms with Crippen molar-refractivity contribution < 1.29 is 0 Å². The van der Waals surface area contributed by atoms with E-state index in [2.05, 4.69) is 76.2 Å². The molecule has 2 heteroatoms. The van der Waals surface area contributed by atoms with Gasteiger partial charge in [-0.2, -0.15) is 0 Å². The summed E-state index contributed by atoms with van der Waals surface area (Å²) in [6.07, 6.45) is 13.8. The van der Waals surface area contributed by atoms with Crippen molar-refractivity contribution in [1.82, 2.24) is 0 Å². The lowest BCUT2D eigenvalue weighted by molar-refractivity contribution is 0.780. The fraction of sp³-hybridized carbons (Fsp3) is 0.533. The van der Waals surface area contributed by atoms with Crippen LogP contribution in [0.25, 0.3) is 0 Å². The molecule has 174 valence electrons. The van der Waals surface area contributed by atoms with Gasteiger partial charge in [0.15, 0.2) is 0 Å². The van der Waals surface area contributed by atoms with Crippen molar-refractivity contribution in [3.63, 3.8) is 0 Å². The Morgan fingerprint density at radius 1 is 0.562 bits per heavy atom. The van der Waals surface area contributed by atoms with E-state index in [4.69, 9.17) is 9.98 Å². The van der Waals surface area contributed by atoms with Crippen molar-refractivity contribution in [2.45, 2.75) is 105 Å². The zero-order valence-electron chi connectivity index (χ0n) is 21.0. The Labute approximate surface area is 197 Å². The third-order valence-electron chi connectivity index (χ3n) is 5.83. The zero-order chi connectivity index (χ0) is 23.0. The van der Waals surface area contributed by atoms with Gasteiger partial charge in [-0.05, 0) is 86.8 Å². The van der Waals surface area contributed by atoms with Gasteiger partial charge in [-0.25, -0.2) is 0 Å². The SMILES string of the molecule is CCCCC(=Nc1ccccc1)C(CCCC)=Nc1cc(CCCC)cc(CCCC)c1. The summed E-state index contributed by atoms with van der Waals surface area (Å²) in [5.41, 5.74) is 7.36. The molecule has 0 radical (unpaired) electrons. The largest absolute Gasteiger partial charge is 0.252 e. The maximum atomic E-state index is 5.27. The number of rotatable bonds is 15. The van der Waals surface area contributed by atoms with E-state index in [-0.39, 0.29) is 0 Å². The van der Waals surface area contributed by atoms with Gasteiger partial charge in [0.25, 0.3) is 0 Å². The summed E-state index contributed by atoms with van der Waals surface area (Å²) in [6, 6.07) is 17.4. The molecule has 0 aliphatic carbocycles. The van der Waals surface area contributed by atoms with E-state index in [9.17, 15) is 0 Å². The van der Waals surface area contributed by atoms with Crippen LogP contribution in [0.5, 0.6) is 0 Å². The Morgan fingerprint density at radius 3 is 1.50 bits per heavy atom. The normalized spacial score (nSPS) is 12.4. The molecule has 0 saturated carbocycles. The van der Waals surface area contributed by atoms with Crippen LogP contribution < -0.4 is 0 Å². The number of hydrogen-bond acceptors (Lipinski definition) is 2. The maximum Gasteiger partial charge on any atom is 0.0639 e. The summed E-state index contributed by atoms with van der Waals surface area (Å²) >= 11 is 0. The molecule has 2 aromatic carbocycles. The van der Waals surface area contributed by atoms with Crippen LogP contribution in [0.4, 0.5) is 11.4 Å². The summed E-state index contributed by atoms with van der Waals surface area (Å²) in [6.45, 7) is 9.04. The third-order valence-corrected chi connectivity index (χ3v) is 5.83. The Bertz CT molecular complexity index is 807. The van der Waals surface area contributed by atoms with Gasteiger partial charge in [0.1, 0.15) is 0 Å². The number of hydrogen-bond donors (Lipinski definition) is 0. The highest BCUT2D eigenvalue weighted by molar-refractivity contribution is 6.43. The van der Waals surface area contributed by atoms with Gasteiger partial charge in [0.2, 0.25) is 0 Å². The van der Waals surface area contributed by atoms with Crippen molar-refractivity contribution in [3.8, 4) is 0 Å². The topological polar surface area (TPSA) is 24.7 Å². The fourth-order valence-electron chi connectivity index (χ4n) is 3.89. The summed E-state index contributed by atoms with van der Waals surface area (Å²) in [5.74, 6) is 0. The molecule has 0 bridgehead atoms. The molecule has 0 aromatic heterocycles. The Kier molecular flexibility index (Phi) is 12.7. The molecule has 0 aliphatic heterocycles. The van der Waals surface area contributed by atoms with E-state index in [1.165, 1.54) is 61.1 Å². The van der Waals surface area contributed by atoms with Crippen LogP contribution in [0.15, 0.2) is 58.5 Å². The molecule has 0 atom stereocenters. The first kappa shape index (κ1) is 26.0. The molecule has 0 saturated heterocycles. The van der Waals surface area contributed by atoms with Gasteiger partial charge in [-0.1, -0.05) is 77.6 Å². The van der Waals surface area contributed by atoms with Gasteiger partial charge in [0, 0.05) is 0 Å². The van der Waals surface area contributed by atoms with Gasteiger partial charge in [-0.15, -0.1) is 0 Å². The summed E-state index contributed by atoms with van der Waals surface area (Å²) in [5, 5.41) is 0. The standard InChI is InChI=1S/C30H44N2/c1-5-9-16-25-22-26(17-10-6-2)24-28(23-25)32-30(21-12-8-4)29(20-11-7-3)31-27-18-14-13-15-19-27/h13-15,18-19,22-24H,5-12,16-17,20-21H2,1-4H3. The van der Waals surface area contributed by atoms with Crippen molar-refractivity contribution in [1.29, 1.82) is 0 Å². The minimum Gasteiger partial charge on any atom is -0.252 e. The molecule has 0 spiro atoms. The van der Waals surface area contributed by atoms with Gasteiger partial charge < -0.3 is 0 Å². The highest BCUT2D eigenvalue weighted by Crippen LogP contribution is 2.23. The number of aryl methyl sites for hydroxylation is 2. The molecule has 0 aliphatic rings. The number of unbranched alkanes of at least 4 members (excludes halogenated alkanes) is 4. The minimum atomic E-state index is 0.992. The van der Waals surface area contributed by atoms with Crippen molar-refractivity contribution in [2.24, 2.45) is 9.98 Å². The Balaban J connectivity index is 2.47. The Hall–Kier alpha value is -2.22. The summed E-state index contributed by atoms with van der Waals surface area (Å²) in [4.78, 5) is 10.3. The van der Waals surface area contributed by atoms with E-state index in [0.29, 0.717) is 0 Å². The molecule has 0 unspecified atom stereocenters. The summed E-state index contributed by atoms with van der Waals surface area (Å²) in [7, 11) is 0. The van der Waals surface area contributed by atoms with Crippen LogP contribution in [0, 0.1) is 0 Å². The molecular weight excluding hydrogens is 388 g/mol. The predicted molar refractivity (Wildman–Crippen MR) is 143 cm³/mol. The van der Waals surface area contributed by atoms with E-state index in [1.54, 1.807) is 0 Å². The molecular formula is C30H44N2. The van der Waals surface area contributed by atoms with Gasteiger partial charge in [0.05, 0.1) is 22.8 Å². The monoisotopic (exact) mass is 432 g/mol. The lowest BCUT2D eigenvalue weighted by Gasteiger charge is -2.13. The van der Waals surface area contributed by atoms with Crippen LogP contribution in [0.2, 0.25) is 0 Å². The first-order valence-electron chi connectivity index (χ1n) is 13.0. The Morgan fingerprint density at radius 2 is 1.03 bits per heavy atom. The number of para-hydroxylation sites is 1. The molecule has 0 fully saturated rings. The van der Waals surface area contributed by atoms with Crippen molar-refractivity contribution in [3.05, 3.63) is 59.7 Å².